The van der Waals surface area contributed by atoms with Gasteiger partial charge in [0.1, 0.15) is 5.82 Å². The number of hydrogen-bond donors (Lipinski definition) is 2. The summed E-state index contributed by atoms with van der Waals surface area (Å²) < 4.78 is 36.1. The second kappa shape index (κ2) is 5.88. The van der Waals surface area contributed by atoms with Crippen molar-refractivity contribution in [3.8, 4) is 0 Å². The molecule has 1 atom stereocenters. The SMILES string of the molecule is Cc1ccc(F)cc1NC(=O)CC1CS(=O)(=O)CCN1. The predicted molar refractivity (Wildman–Crippen MR) is 74.8 cm³/mol. The fourth-order valence-corrected chi connectivity index (χ4v) is 3.60. The van der Waals surface area contributed by atoms with Crippen molar-refractivity contribution in [2.24, 2.45) is 0 Å². The monoisotopic (exact) mass is 300 g/mol. The Hall–Kier alpha value is -1.47. The van der Waals surface area contributed by atoms with Gasteiger partial charge in [0.25, 0.3) is 0 Å². The van der Waals surface area contributed by atoms with Gasteiger partial charge in [-0.2, -0.15) is 0 Å². The zero-order chi connectivity index (χ0) is 14.8. The maximum absolute atomic E-state index is 13.1. The van der Waals surface area contributed by atoms with Crippen molar-refractivity contribution in [3.63, 3.8) is 0 Å². The number of anilines is 1. The third-order valence-electron chi connectivity index (χ3n) is 3.21. The summed E-state index contributed by atoms with van der Waals surface area (Å²) in [7, 11) is -3.07. The largest absolute Gasteiger partial charge is 0.326 e. The highest BCUT2D eigenvalue weighted by molar-refractivity contribution is 7.91. The molecule has 1 aromatic carbocycles. The Balaban J connectivity index is 1.97. The molecular weight excluding hydrogens is 283 g/mol. The molecule has 1 saturated heterocycles. The molecule has 2 rings (SSSR count). The van der Waals surface area contributed by atoms with E-state index in [-0.39, 0.29) is 29.9 Å². The van der Waals surface area contributed by atoms with Gasteiger partial charge in [0.05, 0.1) is 11.5 Å². The summed E-state index contributed by atoms with van der Waals surface area (Å²) in [6.45, 7) is 2.12. The standard InChI is InChI=1S/C13H17FN2O3S/c1-9-2-3-10(14)6-12(9)16-13(17)7-11-8-20(18,19)5-4-15-11/h2-3,6,11,15H,4-5,7-8H2,1H3,(H,16,17). The first kappa shape index (κ1) is 14.9. The van der Waals surface area contributed by atoms with Gasteiger partial charge < -0.3 is 10.6 Å². The molecule has 20 heavy (non-hydrogen) atoms. The van der Waals surface area contributed by atoms with E-state index in [2.05, 4.69) is 10.6 Å². The maximum atomic E-state index is 13.1. The first-order valence-corrected chi connectivity index (χ1v) is 8.18. The second-order valence-electron chi connectivity index (χ2n) is 4.98. The van der Waals surface area contributed by atoms with Crippen molar-refractivity contribution in [2.45, 2.75) is 19.4 Å². The van der Waals surface area contributed by atoms with Gasteiger partial charge in [0.2, 0.25) is 5.91 Å². The summed E-state index contributed by atoms with van der Waals surface area (Å²) in [6.07, 6.45) is 0.0508. The van der Waals surface area contributed by atoms with Crippen LogP contribution >= 0.6 is 0 Å². The molecule has 2 N–H and O–H groups in total. The number of rotatable bonds is 3. The Kier molecular flexibility index (Phi) is 4.39. The van der Waals surface area contributed by atoms with E-state index < -0.39 is 15.7 Å². The summed E-state index contributed by atoms with van der Waals surface area (Å²) in [5.41, 5.74) is 1.16. The minimum Gasteiger partial charge on any atom is -0.326 e. The van der Waals surface area contributed by atoms with Crippen LogP contribution in [0.3, 0.4) is 0 Å². The van der Waals surface area contributed by atoms with Crippen molar-refractivity contribution < 1.29 is 17.6 Å². The molecule has 0 spiro atoms. The Bertz CT molecular complexity index is 616. The van der Waals surface area contributed by atoms with Crippen LogP contribution in [0.5, 0.6) is 0 Å². The van der Waals surface area contributed by atoms with E-state index in [1.54, 1.807) is 13.0 Å². The van der Waals surface area contributed by atoms with E-state index in [9.17, 15) is 17.6 Å². The molecule has 1 aromatic rings. The number of aryl methyl sites for hydroxylation is 1. The Morgan fingerprint density at radius 2 is 2.25 bits per heavy atom. The van der Waals surface area contributed by atoms with E-state index in [1.165, 1.54) is 12.1 Å². The highest BCUT2D eigenvalue weighted by Gasteiger charge is 2.26. The number of halogens is 1. The van der Waals surface area contributed by atoms with Crippen LogP contribution in [0.25, 0.3) is 0 Å². The minimum absolute atomic E-state index is 0.0391. The molecule has 0 aromatic heterocycles. The van der Waals surface area contributed by atoms with Crippen LogP contribution in [0, 0.1) is 12.7 Å². The zero-order valence-electron chi connectivity index (χ0n) is 11.1. The van der Waals surface area contributed by atoms with Crippen molar-refractivity contribution in [1.82, 2.24) is 5.32 Å². The lowest BCUT2D eigenvalue weighted by Crippen LogP contribution is -2.46. The van der Waals surface area contributed by atoms with E-state index in [0.29, 0.717) is 12.2 Å². The Morgan fingerprint density at radius 3 is 2.95 bits per heavy atom. The van der Waals surface area contributed by atoms with Gasteiger partial charge in [-0.15, -0.1) is 0 Å². The number of hydrogen-bond acceptors (Lipinski definition) is 4. The van der Waals surface area contributed by atoms with Crippen LogP contribution in [0.4, 0.5) is 10.1 Å². The molecule has 1 fully saturated rings. The highest BCUT2D eigenvalue weighted by atomic mass is 32.2. The van der Waals surface area contributed by atoms with Crippen LogP contribution in [-0.2, 0) is 14.6 Å². The molecule has 1 unspecified atom stereocenters. The molecule has 0 bridgehead atoms. The van der Waals surface area contributed by atoms with Gasteiger partial charge in [-0.3, -0.25) is 4.79 Å². The number of carbonyl (C=O) groups is 1. The highest BCUT2D eigenvalue weighted by Crippen LogP contribution is 2.16. The number of benzene rings is 1. The van der Waals surface area contributed by atoms with Gasteiger partial charge >= 0.3 is 0 Å². The van der Waals surface area contributed by atoms with Crippen molar-refractivity contribution in [2.75, 3.05) is 23.4 Å². The quantitative estimate of drug-likeness (QED) is 0.868. The molecule has 0 saturated carbocycles. The summed E-state index contributed by atoms with van der Waals surface area (Å²) in [5.74, 6) is -0.686. The number of amides is 1. The second-order valence-corrected chi connectivity index (χ2v) is 7.21. The fraction of sp³-hybridized carbons (Fsp3) is 0.462. The summed E-state index contributed by atoms with van der Waals surface area (Å²) in [6, 6.07) is 3.76. The topological polar surface area (TPSA) is 75.3 Å². The maximum Gasteiger partial charge on any atom is 0.225 e. The first-order valence-electron chi connectivity index (χ1n) is 6.35. The number of sulfone groups is 1. The zero-order valence-corrected chi connectivity index (χ0v) is 12.0. The lowest BCUT2D eigenvalue weighted by Gasteiger charge is -2.23. The molecule has 110 valence electrons. The minimum atomic E-state index is -3.07. The molecule has 1 aliphatic rings. The van der Waals surface area contributed by atoms with Crippen molar-refractivity contribution in [3.05, 3.63) is 29.6 Å². The van der Waals surface area contributed by atoms with Crippen molar-refractivity contribution in [1.29, 1.82) is 0 Å². The molecular formula is C13H17FN2O3S. The Labute approximate surface area is 117 Å². The van der Waals surface area contributed by atoms with Crippen LogP contribution in [0.15, 0.2) is 18.2 Å². The van der Waals surface area contributed by atoms with Crippen LogP contribution < -0.4 is 10.6 Å². The average Bonchev–Trinajstić information content (AvgIpc) is 2.32. The van der Waals surface area contributed by atoms with Crippen molar-refractivity contribution >= 4 is 21.4 Å². The Morgan fingerprint density at radius 1 is 1.50 bits per heavy atom. The molecule has 0 aliphatic carbocycles. The van der Waals surface area contributed by atoms with Crippen LogP contribution in [0.1, 0.15) is 12.0 Å². The van der Waals surface area contributed by atoms with Gasteiger partial charge in [-0.05, 0) is 24.6 Å². The normalized spacial score (nSPS) is 21.4. The molecule has 1 heterocycles. The van der Waals surface area contributed by atoms with E-state index in [0.717, 1.165) is 5.56 Å². The summed E-state index contributed by atoms with van der Waals surface area (Å²) in [4.78, 5) is 11.9. The third-order valence-corrected chi connectivity index (χ3v) is 4.94. The van der Waals surface area contributed by atoms with E-state index in [1.807, 2.05) is 0 Å². The van der Waals surface area contributed by atoms with Gasteiger partial charge in [0, 0.05) is 24.7 Å². The fourth-order valence-electron chi connectivity index (χ4n) is 2.15. The molecule has 7 heteroatoms. The summed E-state index contributed by atoms with van der Waals surface area (Å²) >= 11 is 0. The number of carbonyl (C=O) groups excluding carboxylic acids is 1. The molecule has 0 radical (unpaired) electrons. The first-order chi connectivity index (χ1) is 9.35. The van der Waals surface area contributed by atoms with E-state index >= 15 is 0 Å². The predicted octanol–water partition coefficient (Wildman–Crippen LogP) is 0.849. The van der Waals surface area contributed by atoms with Gasteiger partial charge in [-0.25, -0.2) is 12.8 Å². The smallest absolute Gasteiger partial charge is 0.225 e. The molecule has 1 aliphatic heterocycles. The lowest BCUT2D eigenvalue weighted by atomic mass is 10.1. The van der Waals surface area contributed by atoms with Crippen LogP contribution in [0.2, 0.25) is 0 Å². The lowest BCUT2D eigenvalue weighted by molar-refractivity contribution is -0.116. The van der Waals surface area contributed by atoms with Crippen LogP contribution in [-0.4, -0.2) is 38.4 Å². The summed E-state index contributed by atoms with van der Waals surface area (Å²) in [5, 5.41) is 5.62. The molecule has 5 nitrogen and oxygen atoms in total. The average molecular weight is 300 g/mol. The van der Waals surface area contributed by atoms with E-state index in [4.69, 9.17) is 0 Å². The van der Waals surface area contributed by atoms with Gasteiger partial charge in [0.15, 0.2) is 9.84 Å². The number of nitrogens with one attached hydrogen (secondary N) is 2. The molecule has 1 amide bonds. The third kappa shape index (κ3) is 4.01. The van der Waals surface area contributed by atoms with Gasteiger partial charge in [-0.1, -0.05) is 6.07 Å².